The highest BCUT2D eigenvalue weighted by atomic mass is 16.5. The Kier molecular flexibility index (Phi) is 3.56. The van der Waals surface area contributed by atoms with E-state index in [2.05, 4.69) is 17.1 Å². The van der Waals surface area contributed by atoms with Gasteiger partial charge in [-0.1, -0.05) is 12.8 Å². The lowest BCUT2D eigenvalue weighted by molar-refractivity contribution is -0.0233. The zero-order valence-corrected chi connectivity index (χ0v) is 12.9. The van der Waals surface area contributed by atoms with Gasteiger partial charge in [0.1, 0.15) is 0 Å². The van der Waals surface area contributed by atoms with Gasteiger partial charge in [-0.2, -0.15) is 0 Å². The molecule has 4 rings (SSSR count). The van der Waals surface area contributed by atoms with Crippen molar-refractivity contribution in [3.8, 4) is 0 Å². The molecule has 114 valence electrons. The maximum Gasteiger partial charge on any atom is 0.0706 e. The van der Waals surface area contributed by atoms with Gasteiger partial charge in [-0.3, -0.25) is 4.90 Å². The van der Waals surface area contributed by atoms with Crippen LogP contribution >= 0.6 is 0 Å². The molecular formula is C17H30N2O. The predicted molar refractivity (Wildman–Crippen MR) is 80.9 cm³/mol. The van der Waals surface area contributed by atoms with Crippen LogP contribution in [0.3, 0.4) is 0 Å². The van der Waals surface area contributed by atoms with Gasteiger partial charge >= 0.3 is 0 Å². The summed E-state index contributed by atoms with van der Waals surface area (Å²) in [5.41, 5.74) is 0.473. The maximum absolute atomic E-state index is 6.12. The van der Waals surface area contributed by atoms with Gasteiger partial charge in [-0.15, -0.1) is 0 Å². The molecule has 0 amide bonds. The SMILES string of the molecule is CC1CCC(CN2CC(C3CC3)NCC23CCCC3)O1. The molecular weight excluding hydrogens is 248 g/mol. The molecule has 1 N–H and O–H groups in total. The summed E-state index contributed by atoms with van der Waals surface area (Å²) in [4.78, 5) is 2.85. The second-order valence-electron chi connectivity index (χ2n) is 7.81. The van der Waals surface area contributed by atoms with Crippen LogP contribution in [0, 0.1) is 5.92 Å². The molecule has 3 nitrogen and oxygen atoms in total. The molecule has 2 heterocycles. The zero-order valence-electron chi connectivity index (χ0n) is 12.9. The minimum absolute atomic E-state index is 0.473. The number of hydrogen-bond acceptors (Lipinski definition) is 3. The highest BCUT2D eigenvalue weighted by Crippen LogP contribution is 2.41. The van der Waals surface area contributed by atoms with Crippen molar-refractivity contribution in [2.45, 2.75) is 82.1 Å². The molecule has 4 aliphatic rings. The van der Waals surface area contributed by atoms with Crippen molar-refractivity contribution in [3.63, 3.8) is 0 Å². The number of hydrogen-bond donors (Lipinski definition) is 1. The van der Waals surface area contributed by atoms with E-state index >= 15 is 0 Å². The minimum atomic E-state index is 0.473. The molecule has 2 saturated carbocycles. The highest BCUT2D eigenvalue weighted by molar-refractivity contribution is 5.05. The lowest BCUT2D eigenvalue weighted by atomic mass is 9.89. The van der Waals surface area contributed by atoms with Crippen LogP contribution in [0.4, 0.5) is 0 Å². The number of rotatable bonds is 3. The van der Waals surface area contributed by atoms with Gasteiger partial charge in [0.2, 0.25) is 0 Å². The summed E-state index contributed by atoms with van der Waals surface area (Å²) in [6.45, 7) is 5.93. The fourth-order valence-electron chi connectivity index (χ4n) is 4.80. The van der Waals surface area contributed by atoms with Gasteiger partial charge in [-0.05, 0) is 51.4 Å². The first-order valence-electron chi connectivity index (χ1n) is 8.89. The standard InChI is InChI=1S/C17H30N2O/c1-13-4-7-15(20-13)10-19-11-16(14-5-6-14)18-12-17(19)8-2-3-9-17/h13-16,18H,2-12H2,1H3. The van der Waals surface area contributed by atoms with Crippen molar-refractivity contribution in [1.29, 1.82) is 0 Å². The van der Waals surface area contributed by atoms with Gasteiger partial charge in [0.15, 0.2) is 0 Å². The topological polar surface area (TPSA) is 24.5 Å². The van der Waals surface area contributed by atoms with Gasteiger partial charge in [0.25, 0.3) is 0 Å². The van der Waals surface area contributed by atoms with Crippen LogP contribution in [0.15, 0.2) is 0 Å². The Hall–Kier alpha value is -0.120. The summed E-state index contributed by atoms with van der Waals surface area (Å²) in [6, 6.07) is 0.764. The summed E-state index contributed by atoms with van der Waals surface area (Å²) in [7, 11) is 0. The summed E-state index contributed by atoms with van der Waals surface area (Å²) in [5, 5.41) is 3.89. The largest absolute Gasteiger partial charge is 0.374 e. The molecule has 2 aliphatic heterocycles. The first-order chi connectivity index (χ1) is 9.75. The van der Waals surface area contributed by atoms with Gasteiger partial charge in [0, 0.05) is 31.2 Å². The van der Waals surface area contributed by atoms with Crippen molar-refractivity contribution in [1.82, 2.24) is 10.2 Å². The van der Waals surface area contributed by atoms with Crippen LogP contribution in [-0.4, -0.2) is 48.3 Å². The van der Waals surface area contributed by atoms with Gasteiger partial charge in [-0.25, -0.2) is 0 Å². The fraction of sp³-hybridized carbons (Fsp3) is 1.00. The third-order valence-corrected chi connectivity index (χ3v) is 6.25. The molecule has 0 aromatic carbocycles. The van der Waals surface area contributed by atoms with E-state index in [1.165, 1.54) is 71.0 Å². The van der Waals surface area contributed by atoms with Crippen molar-refractivity contribution in [2.75, 3.05) is 19.6 Å². The van der Waals surface area contributed by atoms with Gasteiger partial charge < -0.3 is 10.1 Å². The highest BCUT2D eigenvalue weighted by Gasteiger charge is 2.47. The Bertz CT molecular complexity index is 349. The third kappa shape index (κ3) is 2.53. The molecule has 0 aromatic rings. The number of nitrogens with zero attached hydrogens (tertiary/aromatic N) is 1. The fourth-order valence-corrected chi connectivity index (χ4v) is 4.80. The van der Waals surface area contributed by atoms with Crippen molar-refractivity contribution < 1.29 is 4.74 Å². The van der Waals surface area contributed by atoms with Crippen molar-refractivity contribution >= 4 is 0 Å². The summed E-state index contributed by atoms with van der Waals surface area (Å²) in [5.74, 6) is 0.972. The maximum atomic E-state index is 6.12. The lowest BCUT2D eigenvalue weighted by Gasteiger charge is -2.49. The first kappa shape index (κ1) is 13.5. The van der Waals surface area contributed by atoms with Crippen molar-refractivity contribution in [2.24, 2.45) is 5.92 Å². The average molecular weight is 278 g/mol. The minimum Gasteiger partial charge on any atom is -0.374 e. The Morgan fingerprint density at radius 3 is 2.60 bits per heavy atom. The lowest BCUT2D eigenvalue weighted by Crippen LogP contribution is -2.65. The van der Waals surface area contributed by atoms with E-state index in [0.29, 0.717) is 17.7 Å². The zero-order chi connectivity index (χ0) is 13.6. The normalized spacial score (nSPS) is 41.5. The van der Waals surface area contributed by atoms with E-state index in [0.717, 1.165) is 12.0 Å². The molecule has 0 bridgehead atoms. The molecule has 0 aromatic heterocycles. The van der Waals surface area contributed by atoms with Crippen molar-refractivity contribution in [3.05, 3.63) is 0 Å². The smallest absolute Gasteiger partial charge is 0.0706 e. The molecule has 1 spiro atoms. The second kappa shape index (κ2) is 5.26. The van der Waals surface area contributed by atoms with E-state index in [9.17, 15) is 0 Å². The molecule has 0 radical (unpaired) electrons. The van der Waals surface area contributed by atoms with Crippen LogP contribution in [0.2, 0.25) is 0 Å². The Labute approximate surface area is 123 Å². The number of ether oxygens (including phenoxy) is 1. The molecule has 2 saturated heterocycles. The second-order valence-corrected chi connectivity index (χ2v) is 7.81. The Morgan fingerprint density at radius 2 is 1.95 bits per heavy atom. The Balaban J connectivity index is 1.45. The molecule has 3 unspecified atom stereocenters. The summed E-state index contributed by atoms with van der Waals surface area (Å²) in [6.07, 6.45) is 12.1. The molecule has 3 atom stereocenters. The monoisotopic (exact) mass is 278 g/mol. The van der Waals surface area contributed by atoms with Crippen LogP contribution in [0.25, 0.3) is 0 Å². The van der Waals surface area contributed by atoms with E-state index in [1.54, 1.807) is 0 Å². The van der Waals surface area contributed by atoms with E-state index in [4.69, 9.17) is 4.74 Å². The number of piperazine rings is 1. The molecule has 20 heavy (non-hydrogen) atoms. The van der Waals surface area contributed by atoms with E-state index in [-0.39, 0.29) is 0 Å². The van der Waals surface area contributed by atoms with Crippen LogP contribution in [0.5, 0.6) is 0 Å². The quantitative estimate of drug-likeness (QED) is 0.858. The average Bonchev–Trinajstić information content (AvgIpc) is 3.05. The first-order valence-corrected chi connectivity index (χ1v) is 8.89. The van der Waals surface area contributed by atoms with Crippen LogP contribution in [0.1, 0.15) is 58.3 Å². The van der Waals surface area contributed by atoms with E-state index < -0.39 is 0 Å². The van der Waals surface area contributed by atoms with E-state index in [1.807, 2.05) is 0 Å². The summed E-state index contributed by atoms with van der Waals surface area (Å²) >= 11 is 0. The van der Waals surface area contributed by atoms with Crippen LogP contribution < -0.4 is 5.32 Å². The summed E-state index contributed by atoms with van der Waals surface area (Å²) < 4.78 is 6.12. The Morgan fingerprint density at radius 1 is 1.15 bits per heavy atom. The molecule has 2 aliphatic carbocycles. The third-order valence-electron chi connectivity index (χ3n) is 6.25. The van der Waals surface area contributed by atoms with Crippen LogP contribution in [-0.2, 0) is 4.74 Å². The van der Waals surface area contributed by atoms with Gasteiger partial charge in [0.05, 0.1) is 12.2 Å². The molecule has 4 fully saturated rings. The molecule has 3 heteroatoms. The number of nitrogens with one attached hydrogen (secondary N) is 1. The predicted octanol–water partition coefficient (Wildman–Crippen LogP) is 2.55.